The molecule has 0 aliphatic carbocycles. The van der Waals surface area contributed by atoms with Gasteiger partial charge in [-0.1, -0.05) is 57.2 Å². The van der Waals surface area contributed by atoms with Crippen molar-refractivity contribution in [2.45, 2.75) is 38.6 Å². The Balaban J connectivity index is 2.26. The SMILES string of the molecule is CC(C)(C)c1ccc([C@@H](CC(=O)[O-])NC(=O)c2ccccc2F)cc1. The summed E-state index contributed by atoms with van der Waals surface area (Å²) in [6.07, 6.45) is -0.394. The van der Waals surface area contributed by atoms with Crippen molar-refractivity contribution in [3.8, 4) is 0 Å². The summed E-state index contributed by atoms with van der Waals surface area (Å²) in [5.41, 5.74) is 1.54. The summed E-state index contributed by atoms with van der Waals surface area (Å²) < 4.78 is 13.8. The second-order valence-electron chi connectivity index (χ2n) is 6.95. The van der Waals surface area contributed by atoms with E-state index < -0.39 is 30.2 Å². The Bertz CT molecular complexity index is 763. The number of carboxylic acid groups (broad SMARTS) is 1. The van der Waals surface area contributed by atoms with E-state index in [-0.39, 0.29) is 11.0 Å². The van der Waals surface area contributed by atoms with Gasteiger partial charge in [-0.3, -0.25) is 4.79 Å². The van der Waals surface area contributed by atoms with Crippen molar-refractivity contribution in [1.82, 2.24) is 5.32 Å². The molecule has 0 aliphatic heterocycles. The number of carbonyl (C=O) groups is 2. The van der Waals surface area contributed by atoms with Gasteiger partial charge in [-0.05, 0) is 28.7 Å². The first kappa shape index (κ1) is 18.6. The van der Waals surface area contributed by atoms with E-state index in [4.69, 9.17) is 0 Å². The number of carboxylic acids is 1. The first-order valence-corrected chi connectivity index (χ1v) is 8.04. The Kier molecular flexibility index (Phi) is 5.57. The molecular formula is C20H21FNO3-. The van der Waals surface area contributed by atoms with Gasteiger partial charge < -0.3 is 15.2 Å². The van der Waals surface area contributed by atoms with Crippen LogP contribution in [0.25, 0.3) is 0 Å². The van der Waals surface area contributed by atoms with Crippen molar-refractivity contribution in [2.75, 3.05) is 0 Å². The lowest BCUT2D eigenvalue weighted by atomic mass is 9.86. The van der Waals surface area contributed by atoms with Crippen molar-refractivity contribution in [1.29, 1.82) is 0 Å². The highest BCUT2D eigenvalue weighted by Gasteiger charge is 2.19. The molecule has 25 heavy (non-hydrogen) atoms. The molecule has 2 rings (SSSR count). The van der Waals surface area contributed by atoms with Crippen LogP contribution in [0.2, 0.25) is 0 Å². The fourth-order valence-corrected chi connectivity index (χ4v) is 2.52. The maximum Gasteiger partial charge on any atom is 0.254 e. The van der Waals surface area contributed by atoms with Crippen LogP contribution in [0.4, 0.5) is 4.39 Å². The van der Waals surface area contributed by atoms with E-state index in [9.17, 15) is 19.1 Å². The quantitative estimate of drug-likeness (QED) is 0.908. The lowest BCUT2D eigenvalue weighted by Crippen LogP contribution is -2.34. The second-order valence-corrected chi connectivity index (χ2v) is 6.95. The van der Waals surface area contributed by atoms with E-state index >= 15 is 0 Å². The monoisotopic (exact) mass is 342 g/mol. The van der Waals surface area contributed by atoms with Crippen LogP contribution in [0.15, 0.2) is 48.5 Å². The number of nitrogens with one attached hydrogen (secondary N) is 1. The number of benzene rings is 2. The van der Waals surface area contributed by atoms with Gasteiger partial charge in [0.25, 0.3) is 5.91 Å². The number of amides is 1. The van der Waals surface area contributed by atoms with Gasteiger partial charge in [0.15, 0.2) is 0 Å². The fraction of sp³-hybridized carbons (Fsp3) is 0.300. The molecule has 2 aromatic carbocycles. The van der Waals surface area contributed by atoms with Crippen molar-refractivity contribution in [3.63, 3.8) is 0 Å². The predicted octanol–water partition coefficient (Wildman–Crippen LogP) is 2.73. The molecule has 132 valence electrons. The van der Waals surface area contributed by atoms with Crippen LogP contribution >= 0.6 is 0 Å². The molecule has 1 atom stereocenters. The fourth-order valence-electron chi connectivity index (χ4n) is 2.52. The normalized spacial score (nSPS) is 12.5. The molecule has 0 aliphatic rings. The van der Waals surface area contributed by atoms with E-state index in [1.807, 2.05) is 12.1 Å². The minimum absolute atomic E-state index is 0.0429. The van der Waals surface area contributed by atoms with Gasteiger partial charge in [0.1, 0.15) is 5.82 Å². The van der Waals surface area contributed by atoms with Crippen LogP contribution < -0.4 is 10.4 Å². The zero-order valence-corrected chi connectivity index (χ0v) is 14.5. The van der Waals surface area contributed by atoms with E-state index in [1.54, 1.807) is 18.2 Å². The van der Waals surface area contributed by atoms with Gasteiger partial charge in [-0.15, -0.1) is 0 Å². The standard InChI is InChI=1S/C20H22FNO3/c1-20(2,3)14-10-8-13(9-11-14)17(12-18(23)24)22-19(25)15-6-4-5-7-16(15)21/h4-11,17H,12H2,1-3H3,(H,22,25)(H,23,24)/p-1/t17-/m1/s1. The summed E-state index contributed by atoms with van der Waals surface area (Å²) in [7, 11) is 0. The smallest absolute Gasteiger partial charge is 0.254 e. The van der Waals surface area contributed by atoms with Crippen LogP contribution in [0.5, 0.6) is 0 Å². The second kappa shape index (κ2) is 7.47. The highest BCUT2D eigenvalue weighted by Crippen LogP contribution is 2.25. The Labute approximate surface area is 146 Å². The van der Waals surface area contributed by atoms with Crippen molar-refractivity contribution < 1.29 is 19.1 Å². The molecule has 0 saturated carbocycles. The van der Waals surface area contributed by atoms with Crippen LogP contribution in [0.1, 0.15) is 54.7 Å². The van der Waals surface area contributed by atoms with Gasteiger partial charge in [0.05, 0.1) is 11.6 Å². The van der Waals surface area contributed by atoms with Gasteiger partial charge in [-0.25, -0.2) is 4.39 Å². The molecule has 2 aromatic rings. The molecular weight excluding hydrogens is 321 g/mol. The minimum Gasteiger partial charge on any atom is -0.550 e. The molecule has 0 spiro atoms. The minimum atomic E-state index is -1.29. The van der Waals surface area contributed by atoms with E-state index in [1.165, 1.54) is 18.2 Å². The Morgan fingerprint density at radius 3 is 2.20 bits per heavy atom. The number of hydrogen-bond donors (Lipinski definition) is 1. The topological polar surface area (TPSA) is 69.2 Å². The van der Waals surface area contributed by atoms with Crippen molar-refractivity contribution in [3.05, 3.63) is 71.0 Å². The van der Waals surface area contributed by atoms with E-state index in [0.29, 0.717) is 5.56 Å². The summed E-state index contributed by atoms with van der Waals surface area (Å²) in [5, 5.41) is 13.6. The molecule has 0 aromatic heterocycles. The molecule has 0 unspecified atom stereocenters. The summed E-state index contributed by atoms with van der Waals surface area (Å²) in [6, 6.07) is 12.1. The average Bonchev–Trinajstić information content (AvgIpc) is 2.53. The van der Waals surface area contributed by atoms with Crippen LogP contribution in [-0.4, -0.2) is 11.9 Å². The predicted molar refractivity (Wildman–Crippen MR) is 91.4 cm³/mol. The number of halogens is 1. The summed E-state index contributed by atoms with van der Waals surface area (Å²) in [6.45, 7) is 6.21. The summed E-state index contributed by atoms with van der Waals surface area (Å²) in [5.74, 6) is -2.61. The zero-order chi connectivity index (χ0) is 18.6. The third-order valence-electron chi connectivity index (χ3n) is 3.97. The van der Waals surface area contributed by atoms with Crippen molar-refractivity contribution in [2.24, 2.45) is 0 Å². The first-order chi connectivity index (χ1) is 11.7. The number of carbonyl (C=O) groups excluding carboxylic acids is 2. The molecule has 0 saturated heterocycles. The zero-order valence-electron chi connectivity index (χ0n) is 14.5. The third kappa shape index (κ3) is 4.89. The molecule has 4 nitrogen and oxygen atoms in total. The van der Waals surface area contributed by atoms with Crippen molar-refractivity contribution >= 4 is 11.9 Å². The molecule has 0 bridgehead atoms. The first-order valence-electron chi connectivity index (χ1n) is 8.04. The maximum atomic E-state index is 13.8. The molecule has 1 amide bonds. The maximum absolute atomic E-state index is 13.8. The molecule has 1 N–H and O–H groups in total. The number of rotatable bonds is 5. The number of hydrogen-bond acceptors (Lipinski definition) is 3. The highest BCUT2D eigenvalue weighted by molar-refractivity contribution is 5.94. The van der Waals surface area contributed by atoms with Gasteiger partial charge in [0, 0.05) is 12.4 Å². The molecule has 0 fully saturated rings. The van der Waals surface area contributed by atoms with Crippen LogP contribution in [0.3, 0.4) is 0 Å². The highest BCUT2D eigenvalue weighted by atomic mass is 19.1. The van der Waals surface area contributed by atoms with Gasteiger partial charge >= 0.3 is 0 Å². The Hall–Kier alpha value is -2.69. The summed E-state index contributed by atoms with van der Waals surface area (Å²) in [4.78, 5) is 23.4. The van der Waals surface area contributed by atoms with Gasteiger partial charge in [0.2, 0.25) is 0 Å². The lowest BCUT2D eigenvalue weighted by molar-refractivity contribution is -0.306. The number of aliphatic carboxylic acids is 1. The van der Waals surface area contributed by atoms with E-state index in [0.717, 1.165) is 5.56 Å². The van der Waals surface area contributed by atoms with Gasteiger partial charge in [-0.2, -0.15) is 0 Å². The average molecular weight is 342 g/mol. The Morgan fingerprint density at radius 1 is 1.08 bits per heavy atom. The third-order valence-corrected chi connectivity index (χ3v) is 3.97. The van der Waals surface area contributed by atoms with Crippen LogP contribution in [-0.2, 0) is 10.2 Å². The molecule has 5 heteroatoms. The largest absolute Gasteiger partial charge is 0.550 e. The molecule has 0 radical (unpaired) electrons. The lowest BCUT2D eigenvalue weighted by Gasteiger charge is -2.23. The van der Waals surface area contributed by atoms with E-state index in [2.05, 4.69) is 26.1 Å². The molecule has 0 heterocycles. The Morgan fingerprint density at radius 2 is 1.68 bits per heavy atom. The summed E-state index contributed by atoms with van der Waals surface area (Å²) >= 11 is 0. The van der Waals surface area contributed by atoms with Crippen LogP contribution in [0, 0.1) is 5.82 Å².